The molecule has 0 bridgehead atoms. The molecule has 2 N–H and O–H groups in total. The van der Waals surface area contributed by atoms with Crippen LogP contribution in [0, 0.1) is 11.8 Å². The lowest BCUT2D eigenvalue weighted by Gasteiger charge is -2.13. The fourth-order valence-corrected chi connectivity index (χ4v) is 2.76. The minimum atomic E-state index is -0.287. The number of nitrogens with zero attached hydrogens (tertiary/aromatic N) is 2. The van der Waals surface area contributed by atoms with E-state index in [1.807, 2.05) is 24.3 Å². The van der Waals surface area contributed by atoms with Crippen LogP contribution in [0.15, 0.2) is 34.9 Å². The maximum atomic E-state index is 12.0. The van der Waals surface area contributed by atoms with Gasteiger partial charge >= 0.3 is 6.03 Å². The number of carbonyl (C=O) groups is 2. The van der Waals surface area contributed by atoms with Crippen molar-refractivity contribution in [1.29, 1.82) is 0 Å². The molecule has 2 heterocycles. The largest absolute Gasteiger partial charge is 0.360 e. The van der Waals surface area contributed by atoms with Crippen LogP contribution in [0.3, 0.4) is 0 Å². The van der Waals surface area contributed by atoms with Gasteiger partial charge in [0, 0.05) is 36.3 Å². The molecule has 1 saturated heterocycles. The number of anilines is 1. The zero-order valence-corrected chi connectivity index (χ0v) is 14.1. The van der Waals surface area contributed by atoms with Crippen LogP contribution in [-0.2, 0) is 0 Å². The molecule has 2 aliphatic rings. The fraction of sp³-hybridized carbons (Fsp3) is 0.316. The van der Waals surface area contributed by atoms with Gasteiger partial charge in [0.2, 0.25) is 0 Å². The van der Waals surface area contributed by atoms with Gasteiger partial charge in [-0.3, -0.25) is 9.69 Å². The Morgan fingerprint density at radius 1 is 1.35 bits per heavy atom. The van der Waals surface area contributed by atoms with E-state index in [4.69, 9.17) is 4.52 Å². The zero-order valence-electron chi connectivity index (χ0n) is 14.1. The van der Waals surface area contributed by atoms with E-state index < -0.39 is 0 Å². The van der Waals surface area contributed by atoms with Crippen molar-refractivity contribution in [1.82, 2.24) is 15.8 Å². The Morgan fingerprint density at radius 2 is 2.15 bits per heavy atom. The van der Waals surface area contributed by atoms with Crippen LogP contribution in [0.4, 0.5) is 10.5 Å². The van der Waals surface area contributed by atoms with Crippen molar-refractivity contribution in [2.75, 3.05) is 24.5 Å². The second-order valence-electron chi connectivity index (χ2n) is 6.30. The van der Waals surface area contributed by atoms with Crippen LogP contribution in [0.5, 0.6) is 0 Å². The number of hydrogen-bond donors (Lipinski definition) is 2. The number of amides is 3. The monoisotopic (exact) mass is 350 g/mol. The normalized spacial score (nSPS) is 16.0. The van der Waals surface area contributed by atoms with Crippen LogP contribution >= 0.6 is 0 Å². The lowest BCUT2D eigenvalue weighted by atomic mass is 10.2. The molecule has 1 saturated carbocycles. The molecule has 1 aromatic carbocycles. The molecule has 7 heteroatoms. The van der Waals surface area contributed by atoms with Crippen LogP contribution in [0.1, 0.15) is 40.6 Å². The van der Waals surface area contributed by atoms with Crippen LogP contribution in [0.2, 0.25) is 0 Å². The van der Waals surface area contributed by atoms with Gasteiger partial charge in [0.1, 0.15) is 5.76 Å². The quantitative estimate of drug-likeness (QED) is 0.824. The fourth-order valence-electron chi connectivity index (χ4n) is 2.76. The molecule has 0 radical (unpaired) electrons. The third-order valence-corrected chi connectivity index (χ3v) is 4.35. The molecule has 4 rings (SSSR count). The van der Waals surface area contributed by atoms with E-state index in [1.54, 1.807) is 11.0 Å². The number of aromatic nitrogens is 1. The highest BCUT2D eigenvalue weighted by atomic mass is 16.5. The number of rotatable bonds is 4. The summed E-state index contributed by atoms with van der Waals surface area (Å²) in [7, 11) is 0. The molecule has 1 aromatic heterocycles. The van der Waals surface area contributed by atoms with Gasteiger partial charge in [-0.2, -0.15) is 0 Å². The number of hydrogen-bond acceptors (Lipinski definition) is 4. The van der Waals surface area contributed by atoms with Gasteiger partial charge in [-0.15, -0.1) is 0 Å². The minimum absolute atomic E-state index is 0.0794. The standard InChI is InChI=1S/C19H18N4O3/c24-18(16-12-17(26-22-16)14-5-6-14)20-9-1-2-13-3-7-15(8-4-13)23-11-10-21-19(23)25/h3-4,7-8,12,14H,5-6,9-11H2,(H,20,24)(H,21,25). The minimum Gasteiger partial charge on any atom is -0.360 e. The second kappa shape index (κ2) is 6.92. The maximum absolute atomic E-state index is 12.0. The Balaban J connectivity index is 1.30. The van der Waals surface area contributed by atoms with Crippen molar-refractivity contribution >= 4 is 17.6 Å². The molecule has 7 nitrogen and oxygen atoms in total. The van der Waals surface area contributed by atoms with Crippen molar-refractivity contribution in [3.05, 3.63) is 47.3 Å². The van der Waals surface area contributed by atoms with Gasteiger partial charge in [0.05, 0.1) is 6.54 Å². The number of carbonyl (C=O) groups excluding carboxylic acids is 2. The van der Waals surface area contributed by atoms with Crippen LogP contribution in [-0.4, -0.2) is 36.7 Å². The molecule has 3 amide bonds. The smallest absolute Gasteiger partial charge is 0.321 e. The Hall–Kier alpha value is -3.27. The van der Waals surface area contributed by atoms with E-state index in [-0.39, 0.29) is 18.5 Å². The van der Waals surface area contributed by atoms with Gasteiger partial charge < -0.3 is 15.2 Å². The van der Waals surface area contributed by atoms with E-state index in [2.05, 4.69) is 27.6 Å². The highest BCUT2D eigenvalue weighted by molar-refractivity contribution is 5.94. The first-order valence-electron chi connectivity index (χ1n) is 8.60. The summed E-state index contributed by atoms with van der Waals surface area (Å²) in [5.74, 6) is 6.82. The Bertz CT molecular complexity index is 887. The van der Waals surface area contributed by atoms with E-state index in [1.165, 1.54) is 0 Å². The first-order valence-corrected chi connectivity index (χ1v) is 8.60. The SMILES string of the molecule is O=C(NCC#Cc1ccc(N2CCNC2=O)cc1)c1cc(C2CC2)on1. The van der Waals surface area contributed by atoms with Crippen molar-refractivity contribution in [2.24, 2.45) is 0 Å². The summed E-state index contributed by atoms with van der Waals surface area (Å²) in [6, 6.07) is 9.06. The Kier molecular flexibility index (Phi) is 4.32. The van der Waals surface area contributed by atoms with E-state index in [9.17, 15) is 9.59 Å². The molecule has 132 valence electrons. The van der Waals surface area contributed by atoms with Gasteiger partial charge in [0.15, 0.2) is 5.69 Å². The summed E-state index contributed by atoms with van der Waals surface area (Å²) in [5, 5.41) is 9.27. The molecule has 26 heavy (non-hydrogen) atoms. The maximum Gasteiger partial charge on any atom is 0.321 e. The third-order valence-electron chi connectivity index (χ3n) is 4.35. The first-order chi connectivity index (χ1) is 12.7. The molecule has 1 aliphatic carbocycles. The van der Waals surface area contributed by atoms with Gasteiger partial charge in [-0.25, -0.2) is 4.79 Å². The number of urea groups is 1. The molecular weight excluding hydrogens is 332 g/mol. The van der Waals surface area contributed by atoms with Gasteiger partial charge in [0.25, 0.3) is 5.91 Å². The van der Waals surface area contributed by atoms with E-state index in [0.29, 0.717) is 24.7 Å². The second-order valence-corrected chi connectivity index (χ2v) is 6.30. The first kappa shape index (κ1) is 16.2. The average Bonchev–Trinajstić information content (AvgIpc) is 3.22. The molecule has 0 atom stereocenters. The lowest BCUT2D eigenvalue weighted by molar-refractivity contribution is 0.0949. The van der Waals surface area contributed by atoms with Gasteiger partial charge in [-0.1, -0.05) is 17.0 Å². The molecule has 1 aliphatic heterocycles. The highest BCUT2D eigenvalue weighted by Gasteiger charge is 2.28. The van der Waals surface area contributed by atoms with Crippen LogP contribution in [0.25, 0.3) is 0 Å². The summed E-state index contributed by atoms with van der Waals surface area (Å²) in [6.45, 7) is 1.55. The zero-order chi connectivity index (χ0) is 17.9. The third kappa shape index (κ3) is 3.54. The van der Waals surface area contributed by atoms with Crippen molar-refractivity contribution < 1.29 is 14.1 Å². The summed E-state index contributed by atoms with van der Waals surface area (Å²) >= 11 is 0. The van der Waals surface area contributed by atoms with Crippen molar-refractivity contribution in [2.45, 2.75) is 18.8 Å². The Morgan fingerprint density at radius 3 is 2.85 bits per heavy atom. The molecule has 0 spiro atoms. The van der Waals surface area contributed by atoms with Crippen molar-refractivity contribution in [3.8, 4) is 11.8 Å². The topological polar surface area (TPSA) is 87.5 Å². The number of benzene rings is 1. The molecule has 0 unspecified atom stereocenters. The van der Waals surface area contributed by atoms with E-state index in [0.717, 1.165) is 29.9 Å². The predicted molar refractivity (Wildman–Crippen MR) is 94.9 cm³/mol. The lowest BCUT2D eigenvalue weighted by Crippen LogP contribution is -2.27. The van der Waals surface area contributed by atoms with E-state index >= 15 is 0 Å². The van der Waals surface area contributed by atoms with Crippen molar-refractivity contribution in [3.63, 3.8) is 0 Å². The predicted octanol–water partition coefficient (Wildman–Crippen LogP) is 1.86. The Labute approximate surface area is 150 Å². The summed E-state index contributed by atoms with van der Waals surface area (Å²) in [4.78, 5) is 25.3. The molecule has 2 aromatic rings. The summed E-state index contributed by atoms with van der Waals surface area (Å²) < 4.78 is 5.17. The summed E-state index contributed by atoms with van der Waals surface area (Å²) in [6.07, 6.45) is 2.20. The molecule has 2 fully saturated rings. The van der Waals surface area contributed by atoms with Gasteiger partial charge in [-0.05, 0) is 37.1 Å². The van der Waals surface area contributed by atoms with Crippen LogP contribution < -0.4 is 15.5 Å². The highest BCUT2D eigenvalue weighted by Crippen LogP contribution is 2.40. The average molecular weight is 350 g/mol. The number of nitrogens with one attached hydrogen (secondary N) is 2. The molecular formula is C19H18N4O3. The summed E-state index contributed by atoms with van der Waals surface area (Å²) in [5.41, 5.74) is 1.96.